The van der Waals surface area contributed by atoms with Crippen molar-refractivity contribution in [2.24, 2.45) is 0 Å². The van der Waals surface area contributed by atoms with Gasteiger partial charge in [-0.1, -0.05) is 0 Å². The third kappa shape index (κ3) is 8.44. The van der Waals surface area contributed by atoms with Crippen molar-refractivity contribution in [2.75, 3.05) is 13.2 Å². The molecule has 1 fully saturated rings. The van der Waals surface area contributed by atoms with Crippen molar-refractivity contribution in [3.8, 4) is 0 Å². The van der Waals surface area contributed by atoms with E-state index >= 15 is 0 Å². The number of alkyl halides is 1. The third-order valence-electron chi connectivity index (χ3n) is 4.85. The number of hydrogen-bond acceptors (Lipinski definition) is 8. The minimum atomic E-state index is -2.35. The molecule has 3 unspecified atom stereocenters. The molecule has 1 aliphatic heterocycles. The van der Waals surface area contributed by atoms with E-state index in [0.29, 0.717) is 19.3 Å². The van der Waals surface area contributed by atoms with Gasteiger partial charge in [0.05, 0.1) is 6.61 Å². The van der Waals surface area contributed by atoms with Crippen LogP contribution in [0.3, 0.4) is 0 Å². The van der Waals surface area contributed by atoms with Gasteiger partial charge in [-0.05, 0) is 19.8 Å². The zero-order valence-electron chi connectivity index (χ0n) is 17.0. The lowest BCUT2D eigenvalue weighted by Crippen LogP contribution is -3.00. The summed E-state index contributed by atoms with van der Waals surface area (Å²) in [5.74, 6) is -2.78. The Kier molecular flexibility index (Phi) is 13.0. The first-order valence-corrected chi connectivity index (χ1v) is 9.59. The van der Waals surface area contributed by atoms with Gasteiger partial charge in [-0.3, -0.25) is 14.4 Å². The molecular weight excluding hydrogens is 445 g/mol. The molecule has 0 saturated carbocycles. The molecular formula is C17H31ClFN3O9. The number of aliphatic hydroxyl groups excluding tert-OH is 4. The number of carbonyl (C=O) groups is 3. The predicted octanol–water partition coefficient (Wildman–Crippen LogP) is -7.34. The number of nitrogens with one attached hydrogen (secondary N) is 2. The van der Waals surface area contributed by atoms with Gasteiger partial charge in [0.15, 0.2) is 6.04 Å². The van der Waals surface area contributed by atoms with E-state index in [1.165, 1.54) is 6.92 Å². The average molecular weight is 476 g/mol. The van der Waals surface area contributed by atoms with Gasteiger partial charge in [0.1, 0.15) is 36.6 Å². The smallest absolute Gasteiger partial charge is 0.325 e. The van der Waals surface area contributed by atoms with Crippen LogP contribution < -0.4 is 28.8 Å². The van der Waals surface area contributed by atoms with Crippen LogP contribution in [0.25, 0.3) is 0 Å². The first kappa shape index (κ1) is 29.4. The fourth-order valence-electron chi connectivity index (χ4n) is 2.87. The van der Waals surface area contributed by atoms with Gasteiger partial charge in [-0.2, -0.15) is 0 Å². The molecule has 0 aromatic heterocycles. The molecule has 1 rings (SSSR count). The lowest BCUT2D eigenvalue weighted by atomic mass is 9.92. The molecule has 0 aromatic carbocycles. The van der Waals surface area contributed by atoms with Crippen LogP contribution in [0.15, 0.2) is 0 Å². The number of carboxylic acids is 1. The van der Waals surface area contributed by atoms with Gasteiger partial charge in [0.2, 0.25) is 6.17 Å². The van der Waals surface area contributed by atoms with E-state index in [9.17, 15) is 34.1 Å². The number of ether oxygens (including phenoxy) is 1. The van der Waals surface area contributed by atoms with Crippen LogP contribution in [-0.2, 0) is 19.1 Å². The van der Waals surface area contributed by atoms with Crippen molar-refractivity contribution >= 4 is 17.8 Å². The van der Waals surface area contributed by atoms with Crippen LogP contribution in [0, 0.1) is 0 Å². The molecule has 8 atom stereocenters. The molecule has 1 heterocycles. The van der Waals surface area contributed by atoms with Crippen LogP contribution in [-0.4, -0.2) is 105 Å². The lowest BCUT2D eigenvalue weighted by Gasteiger charge is -2.40. The van der Waals surface area contributed by atoms with Gasteiger partial charge in [-0.25, -0.2) is 4.39 Å². The highest BCUT2D eigenvalue weighted by Crippen LogP contribution is 2.24. The topological polar surface area (TPSA) is 213 Å². The average Bonchev–Trinajstić information content (AvgIpc) is 2.70. The van der Waals surface area contributed by atoms with Gasteiger partial charge >= 0.3 is 5.97 Å². The minimum absolute atomic E-state index is 0. The standard InChI is InChI=1S/C17H30FN3O9.ClH/c1-7(17(28)29)21-15(26)8(19)4-2-3-5-20-16(27)10(18)14-13(25)12(24)11(23)9(6-22)30-14;/h7-14,22-25H,2-6,19H2,1H3,(H,20,27)(H,21,26)(H,28,29);1H/t7?,8?,9-,10?,11-,12+,13-,14+;/m1./s1. The molecule has 31 heavy (non-hydrogen) atoms. The Labute approximate surface area is 184 Å². The molecule has 182 valence electrons. The van der Waals surface area contributed by atoms with Crippen LogP contribution in [0.4, 0.5) is 4.39 Å². The summed E-state index contributed by atoms with van der Waals surface area (Å²) in [6.07, 6.45) is -9.57. The van der Waals surface area contributed by atoms with Crippen molar-refractivity contribution in [1.29, 1.82) is 0 Å². The Morgan fingerprint density at radius 2 is 1.71 bits per heavy atom. The first-order valence-electron chi connectivity index (χ1n) is 9.59. The molecule has 2 amide bonds. The quantitative estimate of drug-likeness (QED) is 0.133. The number of aliphatic carboxylic acids is 1. The summed E-state index contributed by atoms with van der Waals surface area (Å²) in [7, 11) is 0. The number of unbranched alkanes of at least 4 members (excludes halogenated alkanes) is 1. The van der Waals surface area contributed by atoms with E-state index < -0.39 is 73.2 Å². The van der Waals surface area contributed by atoms with E-state index in [1.807, 2.05) is 0 Å². The highest BCUT2D eigenvalue weighted by Gasteiger charge is 2.48. The summed E-state index contributed by atoms with van der Waals surface area (Å²) in [5, 5.41) is 51.6. The number of rotatable bonds is 11. The Morgan fingerprint density at radius 1 is 1.10 bits per heavy atom. The van der Waals surface area contributed by atoms with Gasteiger partial charge in [0, 0.05) is 13.0 Å². The van der Waals surface area contributed by atoms with E-state index in [2.05, 4.69) is 16.4 Å². The number of carboxylic acid groups (broad SMARTS) is 1. The molecule has 10 N–H and O–H groups in total. The second kappa shape index (κ2) is 13.7. The molecule has 0 aromatic rings. The van der Waals surface area contributed by atoms with Crippen molar-refractivity contribution in [3.05, 3.63) is 0 Å². The molecule has 14 heteroatoms. The summed E-state index contributed by atoms with van der Waals surface area (Å²) in [4.78, 5) is 34.4. The number of halogens is 2. The predicted molar refractivity (Wildman–Crippen MR) is 97.4 cm³/mol. The molecule has 1 saturated heterocycles. The maximum atomic E-state index is 14.4. The van der Waals surface area contributed by atoms with Crippen LogP contribution >= 0.6 is 0 Å². The van der Waals surface area contributed by atoms with Crippen molar-refractivity contribution in [2.45, 2.75) is 75.0 Å². The molecule has 0 aliphatic carbocycles. The number of hydrogen-bond donors (Lipinski definition) is 8. The fraction of sp³-hybridized carbons (Fsp3) is 0.824. The highest BCUT2D eigenvalue weighted by atomic mass is 35.5. The Bertz CT molecular complexity index is 601. The Hall–Kier alpha value is -1.61. The lowest BCUT2D eigenvalue weighted by molar-refractivity contribution is -0.405. The maximum Gasteiger partial charge on any atom is 0.325 e. The molecule has 0 spiro atoms. The van der Waals surface area contributed by atoms with E-state index in [-0.39, 0.29) is 19.0 Å². The SMILES string of the molecule is CC(NC(=O)C([NH3+])CCCCNC(=O)C(F)[C@@H]1O[C@H](CO)[C@@H](O)[C@H](O)[C@H]1O)C(=O)O.[Cl-]. The van der Waals surface area contributed by atoms with E-state index in [0.717, 1.165) is 0 Å². The minimum Gasteiger partial charge on any atom is -1.00 e. The maximum absolute atomic E-state index is 14.4. The number of quaternary nitrogens is 1. The zero-order valence-corrected chi connectivity index (χ0v) is 17.7. The van der Waals surface area contributed by atoms with E-state index in [4.69, 9.17) is 14.9 Å². The van der Waals surface area contributed by atoms with Gasteiger partial charge in [0.25, 0.3) is 11.8 Å². The van der Waals surface area contributed by atoms with Crippen molar-refractivity contribution < 1.29 is 67.2 Å². The zero-order chi connectivity index (χ0) is 23.0. The second-order valence-electron chi connectivity index (χ2n) is 7.25. The molecule has 12 nitrogen and oxygen atoms in total. The van der Waals surface area contributed by atoms with Crippen LogP contribution in [0.1, 0.15) is 26.2 Å². The summed E-state index contributed by atoms with van der Waals surface area (Å²) in [6.45, 7) is 0.642. The summed E-state index contributed by atoms with van der Waals surface area (Å²) >= 11 is 0. The van der Waals surface area contributed by atoms with Gasteiger partial charge in [-0.15, -0.1) is 0 Å². The Balaban J connectivity index is 0.00000900. The molecule has 1 aliphatic rings. The monoisotopic (exact) mass is 475 g/mol. The number of amides is 2. The second-order valence-corrected chi connectivity index (χ2v) is 7.25. The first-order chi connectivity index (χ1) is 14.0. The normalized spacial score (nSPS) is 28.5. The Morgan fingerprint density at radius 3 is 2.26 bits per heavy atom. The summed E-state index contributed by atoms with van der Waals surface area (Å²) in [6, 6.07) is -1.73. The van der Waals surface area contributed by atoms with Crippen molar-refractivity contribution in [3.63, 3.8) is 0 Å². The van der Waals surface area contributed by atoms with Crippen LogP contribution in [0.5, 0.6) is 0 Å². The largest absolute Gasteiger partial charge is 1.00 e. The number of aliphatic hydroxyl groups is 4. The summed E-state index contributed by atoms with van der Waals surface area (Å²) in [5.41, 5.74) is 3.65. The third-order valence-corrected chi connectivity index (χ3v) is 4.85. The van der Waals surface area contributed by atoms with E-state index in [1.54, 1.807) is 0 Å². The fourth-order valence-corrected chi connectivity index (χ4v) is 2.87. The highest BCUT2D eigenvalue weighted by molar-refractivity contribution is 5.85. The molecule has 0 radical (unpaired) electrons. The summed E-state index contributed by atoms with van der Waals surface area (Å²) < 4.78 is 19.4. The van der Waals surface area contributed by atoms with Crippen LogP contribution in [0.2, 0.25) is 0 Å². The molecule has 0 bridgehead atoms. The van der Waals surface area contributed by atoms with Crippen molar-refractivity contribution in [1.82, 2.24) is 10.6 Å². The van der Waals surface area contributed by atoms with Gasteiger partial charge < -0.3 is 59.0 Å². The number of carbonyl (C=O) groups excluding carboxylic acids is 2.